The Bertz CT molecular complexity index is 422. The normalized spacial score (nSPS) is 32.9. The molecule has 2 aliphatic carbocycles. The van der Waals surface area contributed by atoms with E-state index in [-0.39, 0.29) is 6.04 Å². The smallest absolute Gasteiger partial charge is 0.404 e. The number of amides is 1. The van der Waals surface area contributed by atoms with E-state index in [0.29, 0.717) is 24.5 Å². The summed E-state index contributed by atoms with van der Waals surface area (Å²) < 4.78 is 5.87. The van der Waals surface area contributed by atoms with E-state index in [1.165, 1.54) is 5.56 Å². The molecule has 2 N–H and O–H groups in total. The average Bonchev–Trinajstić information content (AvgIpc) is 2.83. The predicted molar refractivity (Wildman–Crippen MR) is 66.2 cm³/mol. The largest absolute Gasteiger partial charge is 0.465 e. The van der Waals surface area contributed by atoms with Gasteiger partial charge in [-0.1, -0.05) is 30.3 Å². The Morgan fingerprint density at radius 2 is 1.94 bits per heavy atom. The molecule has 3 rings (SSSR count). The SMILES string of the molecule is O=C(O)NC1C2CC(OCc3ccccc3)CC21. The van der Waals surface area contributed by atoms with E-state index in [4.69, 9.17) is 9.84 Å². The van der Waals surface area contributed by atoms with Crippen LogP contribution in [0.1, 0.15) is 18.4 Å². The molecule has 4 nitrogen and oxygen atoms in total. The van der Waals surface area contributed by atoms with Crippen LogP contribution in [0, 0.1) is 11.8 Å². The first kappa shape index (κ1) is 11.5. The van der Waals surface area contributed by atoms with Crippen molar-refractivity contribution in [1.82, 2.24) is 5.32 Å². The molecule has 4 heteroatoms. The minimum atomic E-state index is -0.906. The lowest BCUT2D eigenvalue weighted by atomic mass is 10.1. The number of hydrogen-bond donors (Lipinski definition) is 2. The molecule has 0 heterocycles. The van der Waals surface area contributed by atoms with Crippen molar-refractivity contribution in [2.75, 3.05) is 0 Å². The monoisotopic (exact) mass is 247 g/mol. The number of carboxylic acid groups (broad SMARTS) is 1. The van der Waals surface area contributed by atoms with E-state index in [2.05, 4.69) is 17.4 Å². The Hall–Kier alpha value is -1.55. The van der Waals surface area contributed by atoms with Gasteiger partial charge in [0.05, 0.1) is 12.7 Å². The number of hydrogen-bond acceptors (Lipinski definition) is 2. The van der Waals surface area contributed by atoms with Crippen molar-refractivity contribution in [2.24, 2.45) is 11.8 Å². The Morgan fingerprint density at radius 1 is 1.28 bits per heavy atom. The summed E-state index contributed by atoms with van der Waals surface area (Å²) in [6, 6.07) is 10.3. The lowest BCUT2D eigenvalue weighted by molar-refractivity contribution is 0.0355. The average molecular weight is 247 g/mol. The zero-order valence-electron chi connectivity index (χ0n) is 10.1. The van der Waals surface area contributed by atoms with Crippen LogP contribution in [0.3, 0.4) is 0 Å². The number of rotatable bonds is 4. The highest BCUT2D eigenvalue weighted by Gasteiger charge is 2.57. The number of ether oxygens (including phenoxy) is 1. The third-order valence-electron chi connectivity index (χ3n) is 4.02. The maximum Gasteiger partial charge on any atom is 0.404 e. The van der Waals surface area contributed by atoms with Crippen LogP contribution in [-0.2, 0) is 11.3 Å². The predicted octanol–water partition coefficient (Wildman–Crippen LogP) is 2.25. The van der Waals surface area contributed by atoms with Crippen molar-refractivity contribution >= 4 is 6.09 Å². The van der Waals surface area contributed by atoms with E-state index in [1.807, 2.05) is 18.2 Å². The minimum absolute atomic E-state index is 0.180. The standard InChI is InChI=1S/C14H17NO3/c16-14(17)15-13-11-6-10(7-12(11)13)18-8-9-4-2-1-3-5-9/h1-5,10-13,15H,6-8H2,(H,16,17). The third-order valence-corrected chi connectivity index (χ3v) is 4.02. The second-order valence-corrected chi connectivity index (χ2v) is 5.19. The van der Waals surface area contributed by atoms with Crippen LogP contribution >= 0.6 is 0 Å². The van der Waals surface area contributed by atoms with Crippen LogP contribution in [0.25, 0.3) is 0 Å². The van der Waals surface area contributed by atoms with Crippen molar-refractivity contribution in [2.45, 2.75) is 31.6 Å². The summed E-state index contributed by atoms with van der Waals surface area (Å²) in [5.74, 6) is 1.00. The summed E-state index contributed by atoms with van der Waals surface area (Å²) in [5, 5.41) is 11.2. The summed E-state index contributed by atoms with van der Waals surface area (Å²) >= 11 is 0. The van der Waals surface area contributed by atoms with Crippen LogP contribution in [0.4, 0.5) is 4.79 Å². The van der Waals surface area contributed by atoms with Crippen LogP contribution < -0.4 is 5.32 Å². The van der Waals surface area contributed by atoms with Gasteiger partial charge in [-0.25, -0.2) is 4.79 Å². The number of carbonyl (C=O) groups is 1. The van der Waals surface area contributed by atoms with Gasteiger partial charge in [0.2, 0.25) is 0 Å². The fraction of sp³-hybridized carbons (Fsp3) is 0.500. The number of fused-ring (bicyclic) bond motifs is 1. The first-order valence-corrected chi connectivity index (χ1v) is 6.39. The lowest BCUT2D eigenvalue weighted by Crippen LogP contribution is -2.28. The molecule has 2 fully saturated rings. The van der Waals surface area contributed by atoms with Gasteiger partial charge in [0, 0.05) is 6.04 Å². The molecule has 1 amide bonds. The van der Waals surface area contributed by atoms with E-state index >= 15 is 0 Å². The van der Waals surface area contributed by atoms with Crippen LogP contribution in [0.5, 0.6) is 0 Å². The molecular weight excluding hydrogens is 230 g/mol. The van der Waals surface area contributed by atoms with Crippen molar-refractivity contribution < 1.29 is 14.6 Å². The van der Waals surface area contributed by atoms with Crippen LogP contribution in [0.15, 0.2) is 30.3 Å². The summed E-state index contributed by atoms with van der Waals surface area (Å²) in [5.41, 5.74) is 1.19. The highest BCUT2D eigenvalue weighted by Crippen LogP contribution is 2.52. The van der Waals surface area contributed by atoms with Crippen LogP contribution in [0.2, 0.25) is 0 Å². The lowest BCUT2D eigenvalue weighted by Gasteiger charge is -2.15. The maximum absolute atomic E-state index is 10.5. The van der Waals surface area contributed by atoms with E-state index in [9.17, 15) is 4.79 Å². The molecule has 18 heavy (non-hydrogen) atoms. The molecule has 2 atom stereocenters. The van der Waals surface area contributed by atoms with Gasteiger partial charge in [0.15, 0.2) is 0 Å². The van der Waals surface area contributed by atoms with Crippen molar-refractivity contribution in [3.05, 3.63) is 35.9 Å². The van der Waals surface area contributed by atoms with Gasteiger partial charge >= 0.3 is 6.09 Å². The Labute approximate surface area is 106 Å². The summed E-state index contributed by atoms with van der Waals surface area (Å²) in [7, 11) is 0. The molecule has 2 saturated carbocycles. The molecule has 0 bridgehead atoms. The molecule has 2 aliphatic rings. The molecular formula is C14H17NO3. The Kier molecular flexibility index (Phi) is 2.96. The third kappa shape index (κ3) is 2.34. The van der Waals surface area contributed by atoms with Crippen molar-refractivity contribution in [3.63, 3.8) is 0 Å². The fourth-order valence-corrected chi connectivity index (χ4v) is 3.07. The second kappa shape index (κ2) is 4.61. The zero-order chi connectivity index (χ0) is 12.5. The van der Waals surface area contributed by atoms with Gasteiger partial charge < -0.3 is 15.2 Å². The molecule has 1 aromatic rings. The maximum atomic E-state index is 10.5. The summed E-state index contributed by atoms with van der Waals surface area (Å²) in [6.07, 6.45) is 1.37. The Morgan fingerprint density at radius 3 is 2.56 bits per heavy atom. The van der Waals surface area contributed by atoms with E-state index in [0.717, 1.165) is 12.8 Å². The van der Waals surface area contributed by atoms with Crippen LogP contribution in [-0.4, -0.2) is 23.3 Å². The molecule has 2 unspecified atom stereocenters. The van der Waals surface area contributed by atoms with Gasteiger partial charge in [-0.05, 0) is 30.2 Å². The van der Waals surface area contributed by atoms with Crippen molar-refractivity contribution in [1.29, 1.82) is 0 Å². The Balaban J connectivity index is 1.42. The highest BCUT2D eigenvalue weighted by atomic mass is 16.5. The number of benzene rings is 1. The fourth-order valence-electron chi connectivity index (χ4n) is 3.07. The number of nitrogens with one attached hydrogen (secondary N) is 1. The van der Waals surface area contributed by atoms with E-state index in [1.54, 1.807) is 0 Å². The molecule has 0 aromatic heterocycles. The molecule has 0 saturated heterocycles. The molecule has 1 aromatic carbocycles. The molecule has 96 valence electrons. The summed E-state index contributed by atoms with van der Waals surface area (Å²) in [4.78, 5) is 10.5. The summed E-state index contributed by atoms with van der Waals surface area (Å²) in [6.45, 7) is 0.655. The van der Waals surface area contributed by atoms with Crippen molar-refractivity contribution in [3.8, 4) is 0 Å². The van der Waals surface area contributed by atoms with Gasteiger partial charge in [-0.15, -0.1) is 0 Å². The quantitative estimate of drug-likeness (QED) is 0.858. The molecule has 0 aliphatic heterocycles. The first-order valence-electron chi connectivity index (χ1n) is 6.39. The minimum Gasteiger partial charge on any atom is -0.465 e. The van der Waals surface area contributed by atoms with Gasteiger partial charge in [-0.2, -0.15) is 0 Å². The first-order chi connectivity index (χ1) is 8.74. The molecule has 0 radical (unpaired) electrons. The van der Waals surface area contributed by atoms with Gasteiger partial charge in [-0.3, -0.25) is 0 Å². The van der Waals surface area contributed by atoms with E-state index < -0.39 is 6.09 Å². The highest BCUT2D eigenvalue weighted by molar-refractivity contribution is 5.65. The second-order valence-electron chi connectivity index (χ2n) is 5.19. The zero-order valence-corrected chi connectivity index (χ0v) is 10.1. The van der Waals surface area contributed by atoms with Gasteiger partial charge in [0.1, 0.15) is 0 Å². The topological polar surface area (TPSA) is 58.6 Å². The van der Waals surface area contributed by atoms with Gasteiger partial charge in [0.25, 0.3) is 0 Å². The molecule has 0 spiro atoms.